The summed E-state index contributed by atoms with van der Waals surface area (Å²) in [6.45, 7) is 10.6. The van der Waals surface area contributed by atoms with Gasteiger partial charge in [0.15, 0.2) is 5.96 Å². The predicted molar refractivity (Wildman–Crippen MR) is 128 cm³/mol. The minimum absolute atomic E-state index is 0. The molecule has 160 valence electrons. The van der Waals surface area contributed by atoms with Gasteiger partial charge in [0.25, 0.3) is 0 Å². The summed E-state index contributed by atoms with van der Waals surface area (Å²) in [5.74, 6) is 1.67. The molecule has 28 heavy (non-hydrogen) atoms. The number of methoxy groups -OCH3 is 1. The van der Waals surface area contributed by atoms with E-state index >= 15 is 0 Å². The Morgan fingerprint density at radius 3 is 2.71 bits per heavy atom. The lowest BCUT2D eigenvalue weighted by Gasteiger charge is -2.25. The number of nitrogens with zero attached hydrogens (tertiary/aromatic N) is 2. The van der Waals surface area contributed by atoms with E-state index in [-0.39, 0.29) is 24.0 Å². The lowest BCUT2D eigenvalue weighted by Crippen LogP contribution is -2.36. The van der Waals surface area contributed by atoms with Crippen LogP contribution in [-0.2, 0) is 4.74 Å². The third kappa shape index (κ3) is 9.43. The van der Waals surface area contributed by atoms with Gasteiger partial charge in [-0.15, -0.1) is 24.0 Å². The van der Waals surface area contributed by atoms with Crippen LogP contribution in [0.1, 0.15) is 40.0 Å². The molecule has 0 spiro atoms. The predicted octanol–water partition coefficient (Wildman–Crippen LogP) is 3.97. The van der Waals surface area contributed by atoms with E-state index in [1.165, 1.54) is 12.8 Å². The van der Waals surface area contributed by atoms with E-state index in [1.54, 1.807) is 7.11 Å². The number of aliphatic imine (C=N–C) groups is 1. The van der Waals surface area contributed by atoms with Gasteiger partial charge in [-0.05, 0) is 45.7 Å². The number of rotatable bonds is 12. The van der Waals surface area contributed by atoms with Gasteiger partial charge in [-0.25, -0.2) is 0 Å². The Morgan fingerprint density at radius 2 is 2.07 bits per heavy atom. The summed E-state index contributed by atoms with van der Waals surface area (Å²) in [5.41, 5.74) is 0.974. The maximum atomic E-state index is 5.78. The highest BCUT2D eigenvalue weighted by molar-refractivity contribution is 14.0. The molecular formula is C21H37IN4O2. The van der Waals surface area contributed by atoms with Crippen molar-refractivity contribution in [3.63, 3.8) is 0 Å². The number of hydrogen-bond donors (Lipinski definition) is 2. The van der Waals surface area contributed by atoms with Gasteiger partial charge in [-0.1, -0.05) is 6.07 Å². The maximum Gasteiger partial charge on any atom is 0.195 e. The van der Waals surface area contributed by atoms with Crippen LogP contribution >= 0.6 is 24.0 Å². The number of halogens is 1. The van der Waals surface area contributed by atoms with Crippen molar-refractivity contribution in [2.75, 3.05) is 45.3 Å². The van der Waals surface area contributed by atoms with Gasteiger partial charge in [0, 0.05) is 57.1 Å². The first kappa shape index (κ1) is 25.0. The monoisotopic (exact) mass is 504 g/mol. The summed E-state index contributed by atoms with van der Waals surface area (Å²) < 4.78 is 10.8. The van der Waals surface area contributed by atoms with Gasteiger partial charge < -0.3 is 20.1 Å². The van der Waals surface area contributed by atoms with Crippen molar-refractivity contribution in [1.29, 1.82) is 0 Å². The molecule has 0 bridgehead atoms. The number of benzene rings is 1. The van der Waals surface area contributed by atoms with Gasteiger partial charge in [0.05, 0.1) is 13.2 Å². The standard InChI is InChI=1S/C21H36N4O2.HI/c1-5-22-21(23-12-13-25(17(2)3)19-10-11-19)24-18-8-6-9-20(16-18)27-15-7-14-26-4;/h6,8-9,16-17,19H,5,7,10-15H2,1-4H3,(H2,22,23,24);1H. The van der Waals surface area contributed by atoms with E-state index < -0.39 is 0 Å². The van der Waals surface area contributed by atoms with Crippen molar-refractivity contribution >= 4 is 35.6 Å². The molecule has 2 N–H and O–H groups in total. The molecule has 1 aromatic rings. The maximum absolute atomic E-state index is 5.78. The second-order valence-electron chi connectivity index (χ2n) is 7.17. The summed E-state index contributed by atoms with van der Waals surface area (Å²) >= 11 is 0. The fraction of sp³-hybridized carbons (Fsp3) is 0.667. The molecule has 1 fully saturated rings. The van der Waals surface area contributed by atoms with Gasteiger partial charge in [-0.3, -0.25) is 9.89 Å². The van der Waals surface area contributed by atoms with Crippen molar-refractivity contribution in [3.8, 4) is 5.75 Å². The fourth-order valence-electron chi connectivity index (χ4n) is 3.05. The second-order valence-corrected chi connectivity index (χ2v) is 7.17. The molecule has 1 aliphatic rings. The van der Waals surface area contributed by atoms with Gasteiger partial charge in [-0.2, -0.15) is 0 Å². The highest BCUT2D eigenvalue weighted by Crippen LogP contribution is 2.28. The molecule has 7 heteroatoms. The van der Waals surface area contributed by atoms with Crippen molar-refractivity contribution in [2.24, 2.45) is 4.99 Å². The third-order valence-electron chi connectivity index (χ3n) is 4.51. The van der Waals surface area contributed by atoms with E-state index in [1.807, 2.05) is 24.3 Å². The molecule has 1 aromatic carbocycles. The van der Waals surface area contributed by atoms with E-state index in [0.717, 1.165) is 49.5 Å². The first-order valence-electron chi connectivity index (χ1n) is 10.2. The summed E-state index contributed by atoms with van der Waals surface area (Å²) in [6.07, 6.45) is 3.54. The van der Waals surface area contributed by atoms with E-state index in [2.05, 4.69) is 36.3 Å². The number of guanidine groups is 1. The van der Waals surface area contributed by atoms with Crippen LogP contribution in [-0.4, -0.2) is 62.9 Å². The van der Waals surface area contributed by atoms with Crippen molar-refractivity contribution in [3.05, 3.63) is 24.3 Å². The number of anilines is 1. The highest BCUT2D eigenvalue weighted by Gasteiger charge is 2.29. The van der Waals surface area contributed by atoms with Crippen LogP contribution in [0.4, 0.5) is 5.69 Å². The molecule has 1 aliphatic carbocycles. The molecule has 0 radical (unpaired) electrons. The Labute approximate surface area is 187 Å². The molecule has 0 heterocycles. The normalized spacial score (nSPS) is 14.1. The van der Waals surface area contributed by atoms with Crippen LogP contribution < -0.4 is 15.4 Å². The van der Waals surface area contributed by atoms with E-state index in [0.29, 0.717) is 19.3 Å². The Kier molecular flexibility index (Phi) is 12.5. The van der Waals surface area contributed by atoms with Crippen LogP contribution in [0, 0.1) is 0 Å². The molecule has 0 unspecified atom stereocenters. The zero-order valence-electron chi connectivity index (χ0n) is 17.7. The first-order chi connectivity index (χ1) is 13.1. The van der Waals surface area contributed by atoms with Crippen molar-refractivity contribution in [1.82, 2.24) is 10.2 Å². The molecule has 0 aliphatic heterocycles. The first-order valence-corrected chi connectivity index (χ1v) is 10.2. The van der Waals surface area contributed by atoms with Gasteiger partial charge in [0.1, 0.15) is 5.75 Å². The van der Waals surface area contributed by atoms with Crippen LogP contribution in [0.25, 0.3) is 0 Å². The van der Waals surface area contributed by atoms with Crippen LogP contribution in [0.5, 0.6) is 5.75 Å². The molecule has 6 nitrogen and oxygen atoms in total. The zero-order valence-corrected chi connectivity index (χ0v) is 20.1. The van der Waals surface area contributed by atoms with E-state index in [4.69, 9.17) is 14.5 Å². The number of hydrogen-bond acceptors (Lipinski definition) is 4. The molecule has 0 saturated heterocycles. The Balaban J connectivity index is 0.00000392. The third-order valence-corrected chi connectivity index (χ3v) is 4.51. The quantitative estimate of drug-likeness (QED) is 0.195. The van der Waals surface area contributed by atoms with Crippen LogP contribution in [0.3, 0.4) is 0 Å². The summed E-state index contributed by atoms with van der Waals surface area (Å²) in [4.78, 5) is 7.31. The SMILES string of the molecule is CCNC(=NCCN(C(C)C)C1CC1)Nc1cccc(OCCCOC)c1.I. The molecule has 2 rings (SSSR count). The average molecular weight is 504 g/mol. The highest BCUT2D eigenvalue weighted by atomic mass is 127. The van der Waals surface area contributed by atoms with Crippen LogP contribution in [0.15, 0.2) is 29.3 Å². The molecule has 0 amide bonds. The topological polar surface area (TPSA) is 58.1 Å². The smallest absolute Gasteiger partial charge is 0.195 e. The molecule has 0 aromatic heterocycles. The Morgan fingerprint density at radius 1 is 1.29 bits per heavy atom. The molecule has 1 saturated carbocycles. The van der Waals surface area contributed by atoms with Gasteiger partial charge in [0.2, 0.25) is 0 Å². The molecule has 0 atom stereocenters. The number of ether oxygens (including phenoxy) is 2. The van der Waals surface area contributed by atoms with Crippen LogP contribution in [0.2, 0.25) is 0 Å². The summed E-state index contributed by atoms with van der Waals surface area (Å²) in [5, 5.41) is 6.71. The second kappa shape index (κ2) is 14.0. The minimum Gasteiger partial charge on any atom is -0.493 e. The lowest BCUT2D eigenvalue weighted by molar-refractivity contribution is 0.172. The zero-order chi connectivity index (χ0) is 19.5. The molecular weight excluding hydrogens is 467 g/mol. The average Bonchev–Trinajstić information content (AvgIpc) is 3.47. The van der Waals surface area contributed by atoms with Gasteiger partial charge >= 0.3 is 0 Å². The van der Waals surface area contributed by atoms with Crippen molar-refractivity contribution in [2.45, 2.75) is 52.1 Å². The largest absolute Gasteiger partial charge is 0.493 e. The van der Waals surface area contributed by atoms with E-state index in [9.17, 15) is 0 Å². The van der Waals surface area contributed by atoms with Crippen molar-refractivity contribution < 1.29 is 9.47 Å². The lowest BCUT2D eigenvalue weighted by atomic mass is 10.3. The fourth-order valence-corrected chi connectivity index (χ4v) is 3.05. The number of nitrogens with one attached hydrogen (secondary N) is 2. The Hall–Kier alpha value is -1.06. The Bertz CT molecular complexity index is 577. The summed E-state index contributed by atoms with van der Waals surface area (Å²) in [7, 11) is 1.71. The summed E-state index contributed by atoms with van der Waals surface area (Å²) in [6, 6.07) is 9.34. The minimum atomic E-state index is 0.